The van der Waals surface area contributed by atoms with Crippen LogP contribution in [0.5, 0.6) is 0 Å². The Morgan fingerprint density at radius 2 is 1.32 bits per heavy atom. The van der Waals surface area contributed by atoms with Gasteiger partial charge in [-0.05, 0) is 103 Å². The Balaban J connectivity index is 1.34. The molecule has 0 aromatic rings. The highest BCUT2D eigenvalue weighted by molar-refractivity contribution is 5.79. The number of hydrogen-bond donors (Lipinski definition) is 0. The Hall–Kier alpha value is -0.610. The van der Waals surface area contributed by atoms with Crippen molar-refractivity contribution in [1.82, 2.24) is 14.7 Å². The summed E-state index contributed by atoms with van der Waals surface area (Å²) in [6.07, 6.45) is 8.78. The molecule has 0 aromatic carbocycles. The highest BCUT2D eigenvalue weighted by atomic mass is 16.2. The van der Waals surface area contributed by atoms with E-state index in [0.717, 1.165) is 56.8 Å². The molecular weight excluding hydrogens is 346 g/mol. The first-order valence-corrected chi connectivity index (χ1v) is 12.2. The Labute approximate surface area is 174 Å². The molecule has 3 heterocycles. The molecule has 3 fully saturated rings. The zero-order valence-corrected chi connectivity index (χ0v) is 19.0. The van der Waals surface area contributed by atoms with Gasteiger partial charge in [-0.1, -0.05) is 13.8 Å². The lowest BCUT2D eigenvalue weighted by atomic mass is 9.82. The van der Waals surface area contributed by atoms with Gasteiger partial charge in [0.05, 0.1) is 0 Å². The molecule has 4 nitrogen and oxygen atoms in total. The lowest BCUT2D eigenvalue weighted by Gasteiger charge is -2.39. The van der Waals surface area contributed by atoms with Gasteiger partial charge in [-0.25, -0.2) is 0 Å². The van der Waals surface area contributed by atoms with E-state index in [1.807, 2.05) is 0 Å². The van der Waals surface area contributed by atoms with E-state index in [2.05, 4.69) is 42.4 Å². The number of piperidine rings is 3. The maximum Gasteiger partial charge on any atom is 0.225 e. The quantitative estimate of drug-likeness (QED) is 0.682. The van der Waals surface area contributed by atoms with Gasteiger partial charge >= 0.3 is 0 Å². The number of likely N-dealkylation sites (tertiary alicyclic amines) is 3. The van der Waals surface area contributed by atoms with E-state index in [1.54, 1.807) is 0 Å². The highest BCUT2D eigenvalue weighted by Gasteiger charge is 2.32. The summed E-state index contributed by atoms with van der Waals surface area (Å²) in [5.74, 6) is 3.26. The van der Waals surface area contributed by atoms with Crippen molar-refractivity contribution in [3.8, 4) is 0 Å². The maximum absolute atomic E-state index is 13.0. The molecule has 3 rings (SSSR count). The molecule has 0 aliphatic carbocycles. The second-order valence-electron chi connectivity index (χ2n) is 10.5. The van der Waals surface area contributed by atoms with E-state index in [1.165, 1.54) is 51.7 Å². The molecule has 28 heavy (non-hydrogen) atoms. The van der Waals surface area contributed by atoms with Gasteiger partial charge in [0.25, 0.3) is 0 Å². The van der Waals surface area contributed by atoms with Gasteiger partial charge in [0.15, 0.2) is 0 Å². The van der Waals surface area contributed by atoms with Crippen LogP contribution in [0.25, 0.3) is 0 Å². The molecule has 4 heteroatoms. The fourth-order valence-electron chi connectivity index (χ4n) is 5.70. The molecule has 0 atom stereocenters. The Morgan fingerprint density at radius 1 is 0.786 bits per heavy atom. The van der Waals surface area contributed by atoms with Gasteiger partial charge in [-0.2, -0.15) is 0 Å². The van der Waals surface area contributed by atoms with Crippen LogP contribution in [0.1, 0.15) is 72.6 Å². The fourth-order valence-corrected chi connectivity index (χ4v) is 5.70. The molecule has 0 bridgehead atoms. The van der Waals surface area contributed by atoms with Gasteiger partial charge < -0.3 is 14.7 Å². The summed E-state index contributed by atoms with van der Waals surface area (Å²) in [5, 5.41) is 0. The summed E-state index contributed by atoms with van der Waals surface area (Å²) >= 11 is 0. The van der Waals surface area contributed by atoms with Gasteiger partial charge in [0, 0.05) is 31.6 Å². The summed E-state index contributed by atoms with van der Waals surface area (Å²) in [7, 11) is 0. The molecule has 3 aliphatic rings. The minimum Gasteiger partial charge on any atom is -0.342 e. The van der Waals surface area contributed by atoms with Crippen LogP contribution in [-0.2, 0) is 4.79 Å². The predicted octanol–water partition coefficient (Wildman–Crippen LogP) is 4.10. The highest BCUT2D eigenvalue weighted by Crippen LogP contribution is 2.31. The van der Waals surface area contributed by atoms with Gasteiger partial charge in [0.2, 0.25) is 5.91 Å². The lowest BCUT2D eigenvalue weighted by molar-refractivity contribution is -0.138. The molecule has 0 unspecified atom stereocenters. The van der Waals surface area contributed by atoms with Gasteiger partial charge in [0.1, 0.15) is 0 Å². The molecule has 0 saturated carbocycles. The number of carbonyl (C=O) groups excluding carboxylic acids is 1. The van der Waals surface area contributed by atoms with Crippen LogP contribution in [0.15, 0.2) is 0 Å². The third-order valence-corrected chi connectivity index (χ3v) is 7.53. The van der Waals surface area contributed by atoms with Crippen molar-refractivity contribution in [1.29, 1.82) is 0 Å². The normalized spacial score (nSPS) is 25.1. The van der Waals surface area contributed by atoms with Gasteiger partial charge in [-0.15, -0.1) is 0 Å². The van der Waals surface area contributed by atoms with Crippen LogP contribution >= 0.6 is 0 Å². The molecule has 0 radical (unpaired) electrons. The van der Waals surface area contributed by atoms with Crippen LogP contribution in [0.4, 0.5) is 0 Å². The molecule has 0 N–H and O–H groups in total. The molecule has 3 aliphatic heterocycles. The minimum atomic E-state index is 0.292. The van der Waals surface area contributed by atoms with E-state index >= 15 is 0 Å². The number of nitrogens with zero attached hydrogens (tertiary/aromatic N) is 3. The third-order valence-electron chi connectivity index (χ3n) is 7.53. The number of rotatable bonds is 6. The molecule has 1 amide bonds. The summed E-state index contributed by atoms with van der Waals surface area (Å²) in [5.41, 5.74) is 0. The smallest absolute Gasteiger partial charge is 0.225 e. The first-order valence-electron chi connectivity index (χ1n) is 12.2. The van der Waals surface area contributed by atoms with Crippen LogP contribution in [-0.4, -0.2) is 72.5 Å². The standard InChI is InChI=1S/C24H45N3O/c1-19(2)18-25-11-9-23(10-12-25)24(28)27-15-7-22(8-16-27)17-21-5-13-26(14-6-21)20(3)4/h19-23H,5-18H2,1-4H3. The first kappa shape index (κ1) is 22.1. The van der Waals surface area contributed by atoms with Crippen molar-refractivity contribution < 1.29 is 4.79 Å². The van der Waals surface area contributed by atoms with Crippen LogP contribution in [0.2, 0.25) is 0 Å². The predicted molar refractivity (Wildman–Crippen MR) is 117 cm³/mol. The van der Waals surface area contributed by atoms with E-state index in [0.29, 0.717) is 17.9 Å². The van der Waals surface area contributed by atoms with E-state index in [9.17, 15) is 4.79 Å². The third kappa shape index (κ3) is 6.19. The van der Waals surface area contributed by atoms with E-state index in [-0.39, 0.29) is 0 Å². The van der Waals surface area contributed by atoms with E-state index < -0.39 is 0 Å². The lowest BCUT2D eigenvalue weighted by Crippen LogP contribution is -2.46. The average Bonchev–Trinajstić information content (AvgIpc) is 2.68. The molecule has 0 aromatic heterocycles. The van der Waals surface area contributed by atoms with Crippen LogP contribution in [0.3, 0.4) is 0 Å². The summed E-state index contributed by atoms with van der Waals surface area (Å²) < 4.78 is 0. The number of hydrogen-bond acceptors (Lipinski definition) is 3. The van der Waals surface area contributed by atoms with Crippen molar-refractivity contribution in [2.24, 2.45) is 23.7 Å². The Bertz CT molecular complexity index is 468. The van der Waals surface area contributed by atoms with Crippen LogP contribution < -0.4 is 0 Å². The topological polar surface area (TPSA) is 26.8 Å². The summed E-state index contributed by atoms with van der Waals surface area (Å²) in [6, 6.07) is 0.701. The molecule has 3 saturated heterocycles. The molecule has 162 valence electrons. The summed E-state index contributed by atoms with van der Waals surface area (Å²) in [4.78, 5) is 20.4. The number of amides is 1. The van der Waals surface area contributed by atoms with Gasteiger partial charge in [-0.3, -0.25) is 4.79 Å². The second-order valence-corrected chi connectivity index (χ2v) is 10.5. The minimum absolute atomic E-state index is 0.292. The van der Waals surface area contributed by atoms with Crippen LogP contribution in [0, 0.1) is 23.7 Å². The zero-order valence-electron chi connectivity index (χ0n) is 19.0. The van der Waals surface area contributed by atoms with Crippen molar-refractivity contribution in [3.05, 3.63) is 0 Å². The SMILES string of the molecule is CC(C)CN1CCC(C(=O)N2CCC(CC3CCN(C(C)C)CC3)CC2)CC1. The Morgan fingerprint density at radius 3 is 1.82 bits per heavy atom. The number of carbonyl (C=O) groups is 1. The van der Waals surface area contributed by atoms with Crippen molar-refractivity contribution in [2.45, 2.75) is 78.7 Å². The monoisotopic (exact) mass is 391 g/mol. The molecular formula is C24H45N3O. The maximum atomic E-state index is 13.0. The Kier molecular flexibility index (Phi) is 8.22. The molecule has 0 spiro atoms. The first-order chi connectivity index (χ1) is 13.4. The van der Waals surface area contributed by atoms with Crippen molar-refractivity contribution in [3.63, 3.8) is 0 Å². The largest absolute Gasteiger partial charge is 0.342 e. The fraction of sp³-hybridized carbons (Fsp3) is 0.958. The van der Waals surface area contributed by atoms with Crippen molar-refractivity contribution in [2.75, 3.05) is 45.8 Å². The zero-order chi connectivity index (χ0) is 20.1. The van der Waals surface area contributed by atoms with Crippen molar-refractivity contribution >= 4 is 5.91 Å². The summed E-state index contributed by atoms with van der Waals surface area (Å²) in [6.45, 7) is 17.2. The van der Waals surface area contributed by atoms with E-state index in [4.69, 9.17) is 0 Å². The average molecular weight is 392 g/mol. The second kappa shape index (κ2) is 10.4.